The van der Waals surface area contributed by atoms with Crippen molar-refractivity contribution in [3.8, 4) is 0 Å². The molecule has 0 aromatic rings. The molecule has 2 amide bonds. The fraction of sp³-hybridized carbons (Fsp3) is 0.800. The Morgan fingerprint density at radius 2 is 2.27 bits per heavy atom. The molecule has 1 aliphatic heterocycles. The van der Waals surface area contributed by atoms with Crippen molar-refractivity contribution in [1.82, 2.24) is 10.2 Å². The van der Waals surface area contributed by atoms with E-state index in [1.54, 1.807) is 11.8 Å². The Bertz CT molecular complexity index is 255. The fourth-order valence-corrected chi connectivity index (χ4v) is 1.93. The second kappa shape index (κ2) is 5.11. The fourth-order valence-electron chi connectivity index (χ4n) is 1.93. The smallest absolute Gasteiger partial charge is 0.245 e. The van der Waals surface area contributed by atoms with Crippen LogP contribution in [0.5, 0.6) is 0 Å². The lowest BCUT2D eigenvalue weighted by Gasteiger charge is -2.26. The maximum Gasteiger partial charge on any atom is 0.245 e. The van der Waals surface area contributed by atoms with E-state index in [2.05, 4.69) is 5.32 Å². The summed E-state index contributed by atoms with van der Waals surface area (Å²) in [4.78, 5) is 24.3. The molecule has 0 aliphatic carbocycles. The molecule has 1 saturated heterocycles. The molecule has 1 rings (SSSR count). The second-order valence-electron chi connectivity index (χ2n) is 3.93. The van der Waals surface area contributed by atoms with Crippen LogP contribution in [0.25, 0.3) is 0 Å². The van der Waals surface area contributed by atoms with E-state index in [0.717, 1.165) is 12.8 Å². The molecule has 2 N–H and O–H groups in total. The monoisotopic (exact) mass is 214 g/mol. The van der Waals surface area contributed by atoms with Crippen molar-refractivity contribution in [3.63, 3.8) is 0 Å². The molecule has 5 heteroatoms. The van der Waals surface area contributed by atoms with Crippen molar-refractivity contribution in [3.05, 3.63) is 0 Å². The predicted molar refractivity (Wildman–Crippen MR) is 55.1 cm³/mol. The van der Waals surface area contributed by atoms with Crippen LogP contribution >= 0.6 is 0 Å². The average molecular weight is 214 g/mol. The zero-order valence-electron chi connectivity index (χ0n) is 9.19. The van der Waals surface area contributed by atoms with Gasteiger partial charge in [0.15, 0.2) is 0 Å². The van der Waals surface area contributed by atoms with E-state index in [-0.39, 0.29) is 24.5 Å². The first kappa shape index (κ1) is 12.0. The second-order valence-corrected chi connectivity index (χ2v) is 3.93. The van der Waals surface area contributed by atoms with E-state index in [1.165, 1.54) is 6.92 Å². The van der Waals surface area contributed by atoms with E-state index in [4.69, 9.17) is 5.11 Å². The lowest BCUT2D eigenvalue weighted by Crippen LogP contribution is -2.48. The number of likely N-dealkylation sites (tertiary alicyclic amines) is 1. The highest BCUT2D eigenvalue weighted by Gasteiger charge is 2.30. The number of amides is 2. The number of hydrogen-bond donors (Lipinski definition) is 2. The van der Waals surface area contributed by atoms with E-state index >= 15 is 0 Å². The number of aliphatic hydroxyl groups is 1. The number of aliphatic hydroxyl groups excluding tert-OH is 1. The van der Waals surface area contributed by atoms with Crippen molar-refractivity contribution >= 4 is 11.8 Å². The van der Waals surface area contributed by atoms with Gasteiger partial charge < -0.3 is 15.3 Å². The van der Waals surface area contributed by atoms with Gasteiger partial charge in [0.05, 0.1) is 12.6 Å². The van der Waals surface area contributed by atoms with Crippen LogP contribution in [0.15, 0.2) is 0 Å². The van der Waals surface area contributed by atoms with Gasteiger partial charge in [0, 0.05) is 13.5 Å². The third-order valence-corrected chi connectivity index (χ3v) is 2.66. The molecule has 5 nitrogen and oxygen atoms in total. The van der Waals surface area contributed by atoms with Crippen LogP contribution in [0.1, 0.15) is 26.7 Å². The Balaban J connectivity index is 2.55. The molecule has 86 valence electrons. The van der Waals surface area contributed by atoms with Gasteiger partial charge in [-0.2, -0.15) is 0 Å². The van der Waals surface area contributed by atoms with Gasteiger partial charge >= 0.3 is 0 Å². The third kappa shape index (κ3) is 2.92. The highest BCUT2D eigenvalue weighted by atomic mass is 16.3. The summed E-state index contributed by atoms with van der Waals surface area (Å²) in [5, 5.41) is 11.6. The number of nitrogens with one attached hydrogen (secondary N) is 1. The molecule has 1 aliphatic rings. The molecule has 1 heterocycles. The molecule has 0 radical (unpaired) electrons. The average Bonchev–Trinajstić information content (AvgIpc) is 2.62. The molecule has 0 spiro atoms. The lowest BCUT2D eigenvalue weighted by molar-refractivity contribution is -0.136. The number of carbonyl (C=O) groups excluding carboxylic acids is 2. The topological polar surface area (TPSA) is 69.6 Å². The van der Waals surface area contributed by atoms with Gasteiger partial charge in [-0.1, -0.05) is 0 Å². The molecule has 1 fully saturated rings. The van der Waals surface area contributed by atoms with Crippen molar-refractivity contribution in [2.24, 2.45) is 0 Å². The number of rotatable bonds is 3. The van der Waals surface area contributed by atoms with Crippen molar-refractivity contribution < 1.29 is 14.7 Å². The summed E-state index contributed by atoms with van der Waals surface area (Å²) in [6.07, 6.45) is 1.76. The Morgan fingerprint density at radius 3 is 2.80 bits per heavy atom. The van der Waals surface area contributed by atoms with Gasteiger partial charge in [0.1, 0.15) is 6.04 Å². The van der Waals surface area contributed by atoms with Crippen LogP contribution in [-0.4, -0.2) is 47.1 Å². The summed E-state index contributed by atoms with van der Waals surface area (Å²) in [5.41, 5.74) is 0. The van der Waals surface area contributed by atoms with E-state index in [1.807, 2.05) is 0 Å². The van der Waals surface area contributed by atoms with Crippen molar-refractivity contribution in [2.75, 3.05) is 13.2 Å². The molecule has 15 heavy (non-hydrogen) atoms. The SMILES string of the molecule is CC(=O)N[C@@H](C)C(=O)N1CCC[C@H]1CO. The molecular formula is C10H18N2O3. The quantitative estimate of drug-likeness (QED) is 0.665. The summed E-state index contributed by atoms with van der Waals surface area (Å²) in [6.45, 7) is 3.72. The van der Waals surface area contributed by atoms with Gasteiger partial charge in [-0.25, -0.2) is 0 Å². The van der Waals surface area contributed by atoms with E-state index < -0.39 is 6.04 Å². The van der Waals surface area contributed by atoms with Crippen LogP contribution in [0, 0.1) is 0 Å². The van der Waals surface area contributed by atoms with Crippen molar-refractivity contribution in [2.45, 2.75) is 38.8 Å². The van der Waals surface area contributed by atoms with Crippen LogP contribution in [-0.2, 0) is 9.59 Å². The van der Waals surface area contributed by atoms with Crippen LogP contribution in [0.2, 0.25) is 0 Å². The molecule has 0 aromatic carbocycles. The zero-order chi connectivity index (χ0) is 11.4. The minimum atomic E-state index is -0.505. The molecule has 0 saturated carbocycles. The van der Waals surface area contributed by atoms with Crippen LogP contribution < -0.4 is 5.32 Å². The lowest BCUT2D eigenvalue weighted by atomic mass is 10.2. The highest BCUT2D eigenvalue weighted by molar-refractivity contribution is 5.86. The van der Waals surface area contributed by atoms with Crippen LogP contribution in [0.4, 0.5) is 0 Å². The largest absolute Gasteiger partial charge is 0.394 e. The summed E-state index contributed by atoms with van der Waals surface area (Å²) in [7, 11) is 0. The predicted octanol–water partition coefficient (Wildman–Crippen LogP) is -0.506. The Kier molecular flexibility index (Phi) is 4.08. The summed E-state index contributed by atoms with van der Waals surface area (Å²) in [5.74, 6) is -0.322. The molecule has 2 atom stereocenters. The molecule has 0 aromatic heterocycles. The maximum absolute atomic E-state index is 11.9. The van der Waals surface area contributed by atoms with E-state index in [9.17, 15) is 9.59 Å². The Morgan fingerprint density at radius 1 is 1.60 bits per heavy atom. The first-order chi connectivity index (χ1) is 7.06. The first-order valence-electron chi connectivity index (χ1n) is 5.24. The van der Waals surface area contributed by atoms with E-state index in [0.29, 0.717) is 6.54 Å². The van der Waals surface area contributed by atoms with Gasteiger partial charge in [-0.3, -0.25) is 9.59 Å². The number of nitrogens with zero attached hydrogens (tertiary/aromatic N) is 1. The van der Waals surface area contributed by atoms with Gasteiger partial charge in [-0.05, 0) is 19.8 Å². The van der Waals surface area contributed by atoms with Crippen molar-refractivity contribution in [1.29, 1.82) is 0 Å². The zero-order valence-corrected chi connectivity index (χ0v) is 9.19. The molecular weight excluding hydrogens is 196 g/mol. The Labute approximate surface area is 89.4 Å². The minimum Gasteiger partial charge on any atom is -0.394 e. The van der Waals surface area contributed by atoms with Gasteiger partial charge in [-0.15, -0.1) is 0 Å². The normalized spacial score (nSPS) is 22.6. The summed E-state index contributed by atoms with van der Waals surface area (Å²) >= 11 is 0. The minimum absolute atomic E-state index is 0.00146. The highest BCUT2D eigenvalue weighted by Crippen LogP contribution is 2.17. The van der Waals surface area contributed by atoms with Crippen LogP contribution in [0.3, 0.4) is 0 Å². The summed E-state index contributed by atoms with van der Waals surface area (Å²) in [6, 6.07) is -0.580. The van der Waals surface area contributed by atoms with Gasteiger partial charge in [0.25, 0.3) is 0 Å². The number of carbonyl (C=O) groups is 2. The standard InChI is InChI=1S/C10H18N2O3/c1-7(11-8(2)14)10(15)12-5-3-4-9(12)6-13/h7,9,13H,3-6H2,1-2H3,(H,11,14)/t7-,9-/m0/s1. The molecule has 0 bridgehead atoms. The van der Waals surface area contributed by atoms with Gasteiger partial charge in [0.2, 0.25) is 11.8 Å². The maximum atomic E-state index is 11.9. The third-order valence-electron chi connectivity index (χ3n) is 2.66. The Hall–Kier alpha value is -1.10. The molecule has 0 unspecified atom stereocenters. The number of hydrogen-bond acceptors (Lipinski definition) is 3. The summed E-state index contributed by atoms with van der Waals surface area (Å²) < 4.78 is 0. The first-order valence-corrected chi connectivity index (χ1v) is 5.24.